The van der Waals surface area contributed by atoms with Crippen LogP contribution >= 0.6 is 11.8 Å². The SMILES string of the molecule is OCC1OC2SC(N3CCC3)=NC2C(O)C1O. The Bertz CT molecular complexity index is 336. The van der Waals surface area contributed by atoms with Crippen molar-refractivity contribution < 1.29 is 20.1 Å². The minimum Gasteiger partial charge on any atom is -0.394 e. The van der Waals surface area contributed by atoms with Crippen LogP contribution in [0.3, 0.4) is 0 Å². The molecule has 2 fully saturated rings. The van der Waals surface area contributed by atoms with Crippen LogP contribution in [0.15, 0.2) is 4.99 Å². The highest BCUT2D eigenvalue weighted by Gasteiger charge is 2.48. The number of aliphatic hydroxyl groups excluding tert-OH is 3. The molecule has 5 unspecified atom stereocenters. The van der Waals surface area contributed by atoms with E-state index in [1.807, 2.05) is 0 Å². The molecule has 0 aliphatic carbocycles. The Morgan fingerprint density at radius 2 is 2.12 bits per heavy atom. The molecular weight excluding hydrogens is 244 g/mol. The number of rotatable bonds is 1. The third-order valence-electron chi connectivity index (χ3n) is 3.46. The first-order valence-electron chi connectivity index (χ1n) is 5.82. The molecule has 0 aromatic heterocycles. The van der Waals surface area contributed by atoms with Gasteiger partial charge in [0, 0.05) is 13.1 Å². The van der Waals surface area contributed by atoms with Crippen LogP contribution in [0.2, 0.25) is 0 Å². The summed E-state index contributed by atoms with van der Waals surface area (Å²) < 4.78 is 5.55. The fourth-order valence-electron chi connectivity index (χ4n) is 2.23. The van der Waals surface area contributed by atoms with Gasteiger partial charge in [-0.15, -0.1) is 0 Å². The third-order valence-corrected chi connectivity index (χ3v) is 4.65. The summed E-state index contributed by atoms with van der Waals surface area (Å²) >= 11 is 1.47. The van der Waals surface area contributed by atoms with Crippen LogP contribution in [0.4, 0.5) is 0 Å². The van der Waals surface area contributed by atoms with Crippen LogP contribution in [0.1, 0.15) is 6.42 Å². The molecular formula is C10H16N2O4S. The van der Waals surface area contributed by atoms with Gasteiger partial charge in [0.2, 0.25) is 0 Å². The number of thioether (sulfide) groups is 1. The molecule has 2 saturated heterocycles. The Balaban J connectivity index is 1.74. The Kier molecular flexibility index (Phi) is 3.04. The molecule has 6 nitrogen and oxygen atoms in total. The van der Waals surface area contributed by atoms with Crippen molar-refractivity contribution in [2.24, 2.45) is 4.99 Å². The molecule has 3 N–H and O–H groups in total. The number of nitrogens with zero attached hydrogens (tertiary/aromatic N) is 2. The molecule has 96 valence electrons. The molecule has 3 heterocycles. The fraction of sp³-hybridized carbons (Fsp3) is 0.900. The van der Waals surface area contributed by atoms with Crippen molar-refractivity contribution in [3.63, 3.8) is 0 Å². The molecule has 0 radical (unpaired) electrons. The van der Waals surface area contributed by atoms with E-state index < -0.39 is 24.4 Å². The van der Waals surface area contributed by atoms with E-state index in [9.17, 15) is 10.2 Å². The van der Waals surface area contributed by atoms with Gasteiger partial charge in [-0.3, -0.25) is 4.99 Å². The van der Waals surface area contributed by atoms with Crippen molar-refractivity contribution in [1.29, 1.82) is 0 Å². The van der Waals surface area contributed by atoms with E-state index in [0.29, 0.717) is 0 Å². The molecule has 0 spiro atoms. The highest BCUT2D eigenvalue weighted by Crippen LogP contribution is 2.38. The second-order valence-electron chi connectivity index (χ2n) is 4.57. The monoisotopic (exact) mass is 260 g/mol. The van der Waals surface area contributed by atoms with E-state index in [1.54, 1.807) is 0 Å². The lowest BCUT2D eigenvalue weighted by molar-refractivity contribution is -0.164. The maximum absolute atomic E-state index is 9.96. The van der Waals surface area contributed by atoms with Gasteiger partial charge < -0.3 is 25.0 Å². The number of aliphatic hydroxyl groups is 3. The average Bonchev–Trinajstić information content (AvgIpc) is 2.64. The van der Waals surface area contributed by atoms with Gasteiger partial charge in [0.25, 0.3) is 0 Å². The van der Waals surface area contributed by atoms with Crippen molar-refractivity contribution in [3.8, 4) is 0 Å². The maximum Gasteiger partial charge on any atom is 0.162 e. The second kappa shape index (κ2) is 4.40. The van der Waals surface area contributed by atoms with Gasteiger partial charge in [0.1, 0.15) is 29.8 Å². The van der Waals surface area contributed by atoms with E-state index >= 15 is 0 Å². The van der Waals surface area contributed by atoms with Crippen molar-refractivity contribution in [2.45, 2.75) is 36.2 Å². The number of hydrogen-bond acceptors (Lipinski definition) is 7. The van der Waals surface area contributed by atoms with Crippen LogP contribution in [-0.4, -0.2) is 74.9 Å². The zero-order valence-corrected chi connectivity index (χ0v) is 10.1. The van der Waals surface area contributed by atoms with Crippen LogP contribution in [0, 0.1) is 0 Å². The molecule has 3 aliphatic heterocycles. The highest BCUT2D eigenvalue weighted by atomic mass is 32.2. The van der Waals surface area contributed by atoms with Crippen LogP contribution < -0.4 is 0 Å². The maximum atomic E-state index is 9.96. The van der Waals surface area contributed by atoms with Crippen molar-refractivity contribution in [2.75, 3.05) is 19.7 Å². The topological polar surface area (TPSA) is 85.5 Å². The van der Waals surface area contributed by atoms with Gasteiger partial charge >= 0.3 is 0 Å². The third kappa shape index (κ3) is 1.86. The summed E-state index contributed by atoms with van der Waals surface area (Å²) in [5, 5.41) is 29.7. The number of amidine groups is 1. The molecule has 3 aliphatic rings. The quantitative estimate of drug-likeness (QED) is 0.538. The second-order valence-corrected chi connectivity index (χ2v) is 5.63. The largest absolute Gasteiger partial charge is 0.394 e. The lowest BCUT2D eigenvalue weighted by atomic mass is 9.99. The number of likely N-dealkylation sites (tertiary alicyclic amines) is 1. The summed E-state index contributed by atoms with van der Waals surface area (Å²) in [6.45, 7) is 1.70. The number of aliphatic imine (C=N–C) groups is 1. The lowest BCUT2D eigenvalue weighted by Gasteiger charge is -2.37. The molecule has 5 atom stereocenters. The van der Waals surface area contributed by atoms with Gasteiger partial charge in [-0.2, -0.15) is 0 Å². The first-order chi connectivity index (χ1) is 8.20. The summed E-state index contributed by atoms with van der Waals surface area (Å²) in [7, 11) is 0. The van der Waals surface area contributed by atoms with E-state index in [0.717, 1.165) is 18.3 Å². The first kappa shape index (κ1) is 11.7. The van der Waals surface area contributed by atoms with Crippen LogP contribution in [0.5, 0.6) is 0 Å². The minimum absolute atomic E-state index is 0.291. The molecule has 0 amide bonds. The predicted octanol–water partition coefficient (Wildman–Crippen LogP) is -1.40. The summed E-state index contributed by atoms with van der Waals surface area (Å²) in [5.74, 6) is 0. The Morgan fingerprint density at radius 3 is 2.71 bits per heavy atom. The summed E-state index contributed by atoms with van der Waals surface area (Å²) in [5.41, 5.74) is -0.291. The van der Waals surface area contributed by atoms with E-state index in [2.05, 4.69) is 9.89 Å². The zero-order valence-electron chi connectivity index (χ0n) is 9.27. The van der Waals surface area contributed by atoms with Crippen molar-refractivity contribution in [3.05, 3.63) is 0 Å². The minimum atomic E-state index is -1.07. The fourth-order valence-corrected chi connectivity index (χ4v) is 3.51. The van der Waals surface area contributed by atoms with E-state index in [1.165, 1.54) is 18.2 Å². The standard InChI is InChI=1S/C10H16N2O4S/c13-4-5-7(14)8(15)6-9(16-5)17-10(11-6)12-2-1-3-12/h5-9,13-15H,1-4H2. The molecule has 0 bridgehead atoms. The Morgan fingerprint density at radius 1 is 1.35 bits per heavy atom. The molecule has 0 aromatic rings. The normalized spacial score (nSPS) is 45.2. The van der Waals surface area contributed by atoms with Gasteiger partial charge in [-0.1, -0.05) is 11.8 Å². The average molecular weight is 260 g/mol. The lowest BCUT2D eigenvalue weighted by Crippen LogP contribution is -2.55. The molecule has 3 rings (SSSR count). The molecule has 17 heavy (non-hydrogen) atoms. The van der Waals surface area contributed by atoms with Gasteiger partial charge in [-0.05, 0) is 6.42 Å². The van der Waals surface area contributed by atoms with Gasteiger partial charge in [-0.25, -0.2) is 0 Å². The van der Waals surface area contributed by atoms with Gasteiger partial charge in [0.15, 0.2) is 5.17 Å². The van der Waals surface area contributed by atoms with Gasteiger partial charge in [0.05, 0.1) is 6.61 Å². The van der Waals surface area contributed by atoms with Crippen molar-refractivity contribution in [1.82, 2.24) is 4.90 Å². The smallest absolute Gasteiger partial charge is 0.162 e. The Hall–Kier alpha value is -0.340. The highest BCUT2D eigenvalue weighted by molar-refractivity contribution is 8.14. The predicted molar refractivity (Wildman–Crippen MR) is 62.8 cm³/mol. The zero-order chi connectivity index (χ0) is 12.0. The Labute approximate surface area is 103 Å². The van der Waals surface area contributed by atoms with Crippen LogP contribution in [-0.2, 0) is 4.74 Å². The summed E-state index contributed by atoms with van der Waals surface area (Å²) in [6.07, 6.45) is -1.58. The van der Waals surface area contributed by atoms with E-state index in [4.69, 9.17) is 9.84 Å². The van der Waals surface area contributed by atoms with Crippen LogP contribution in [0.25, 0.3) is 0 Å². The molecule has 0 saturated carbocycles. The summed E-state index contributed by atoms with van der Waals surface area (Å²) in [6, 6.07) is -0.423. The summed E-state index contributed by atoms with van der Waals surface area (Å²) in [4.78, 5) is 6.56. The van der Waals surface area contributed by atoms with E-state index in [-0.39, 0.29) is 12.0 Å². The number of fused-ring (bicyclic) bond motifs is 1. The first-order valence-corrected chi connectivity index (χ1v) is 6.70. The molecule has 7 heteroatoms. The molecule has 0 aromatic carbocycles. The number of hydrogen-bond donors (Lipinski definition) is 3. The number of ether oxygens (including phenoxy) is 1. The van der Waals surface area contributed by atoms with Crippen molar-refractivity contribution >= 4 is 16.9 Å².